The van der Waals surface area contributed by atoms with Crippen molar-refractivity contribution in [1.29, 1.82) is 0 Å². The van der Waals surface area contributed by atoms with Crippen LogP contribution in [0, 0.1) is 5.41 Å². The summed E-state index contributed by atoms with van der Waals surface area (Å²) in [5, 5.41) is 0.410. The molecule has 2 aromatic carbocycles. The van der Waals surface area contributed by atoms with E-state index in [0.29, 0.717) is 23.0 Å². The molecule has 1 aromatic heterocycles. The summed E-state index contributed by atoms with van der Waals surface area (Å²) in [6, 6.07) is 9.86. The first kappa shape index (κ1) is 27.2. The molecule has 0 N–H and O–H groups in total. The van der Waals surface area contributed by atoms with E-state index in [1.807, 2.05) is 20.8 Å². The fourth-order valence-corrected chi connectivity index (χ4v) is 4.35. The Hall–Kier alpha value is -2.39. The van der Waals surface area contributed by atoms with Crippen LogP contribution in [0.15, 0.2) is 53.1 Å². The SMILES string of the molecule is CC(C)(C)Cn1cc(C(=N[S@@+]([O-])C(C)(C)C)C(F)F)c2ccc(-c3ccccc3C(F)(F)F)cc21. The number of fused-ring (bicyclic) bond motifs is 1. The Kier molecular flexibility index (Phi) is 7.44. The summed E-state index contributed by atoms with van der Waals surface area (Å²) in [5.41, 5.74) is -0.683. The van der Waals surface area contributed by atoms with E-state index in [0.717, 1.165) is 6.07 Å². The largest absolute Gasteiger partial charge is 0.591 e. The number of halogens is 5. The number of hydrogen-bond acceptors (Lipinski definition) is 2. The van der Waals surface area contributed by atoms with E-state index in [9.17, 15) is 26.5 Å². The van der Waals surface area contributed by atoms with Crippen LogP contribution in [0.2, 0.25) is 0 Å². The predicted octanol–water partition coefficient (Wildman–Crippen LogP) is 7.89. The molecule has 0 aliphatic heterocycles. The summed E-state index contributed by atoms with van der Waals surface area (Å²) in [7, 11) is 0. The molecule has 0 bridgehead atoms. The van der Waals surface area contributed by atoms with Gasteiger partial charge in [0.15, 0.2) is 5.71 Å². The van der Waals surface area contributed by atoms with Crippen molar-refractivity contribution in [2.24, 2.45) is 9.81 Å². The average molecular weight is 513 g/mol. The molecule has 0 spiro atoms. The molecule has 0 unspecified atom stereocenters. The van der Waals surface area contributed by atoms with Gasteiger partial charge in [0, 0.05) is 29.2 Å². The molecule has 0 saturated heterocycles. The Morgan fingerprint density at radius 2 is 1.63 bits per heavy atom. The molecular weight excluding hydrogens is 483 g/mol. The Morgan fingerprint density at radius 3 is 2.17 bits per heavy atom. The van der Waals surface area contributed by atoms with Gasteiger partial charge in [-0.15, -0.1) is 0 Å². The highest BCUT2D eigenvalue weighted by Crippen LogP contribution is 2.39. The zero-order valence-electron chi connectivity index (χ0n) is 20.5. The van der Waals surface area contributed by atoms with Crippen LogP contribution in [0.5, 0.6) is 0 Å². The van der Waals surface area contributed by atoms with Gasteiger partial charge in [-0.25, -0.2) is 8.78 Å². The third kappa shape index (κ3) is 6.25. The Balaban J connectivity index is 2.28. The van der Waals surface area contributed by atoms with Gasteiger partial charge in [0.25, 0.3) is 6.43 Å². The summed E-state index contributed by atoms with van der Waals surface area (Å²) in [5.74, 6) is 0. The minimum Gasteiger partial charge on any atom is -0.591 e. The summed E-state index contributed by atoms with van der Waals surface area (Å²) >= 11 is -1.91. The normalized spacial score (nSPS) is 14.7. The van der Waals surface area contributed by atoms with Crippen molar-refractivity contribution in [2.75, 3.05) is 0 Å². The number of rotatable bonds is 5. The monoisotopic (exact) mass is 512 g/mol. The quantitative estimate of drug-likeness (QED) is 0.195. The molecule has 3 nitrogen and oxygen atoms in total. The molecule has 0 fully saturated rings. The summed E-state index contributed by atoms with van der Waals surface area (Å²) in [6.45, 7) is 11.3. The van der Waals surface area contributed by atoms with E-state index in [2.05, 4.69) is 4.40 Å². The van der Waals surface area contributed by atoms with Crippen molar-refractivity contribution in [3.05, 3.63) is 59.8 Å². The summed E-state index contributed by atoms with van der Waals surface area (Å²) < 4.78 is 86.5. The molecule has 0 aliphatic carbocycles. The lowest BCUT2D eigenvalue weighted by Gasteiger charge is -2.20. The van der Waals surface area contributed by atoms with Gasteiger partial charge in [-0.1, -0.05) is 55.5 Å². The van der Waals surface area contributed by atoms with Gasteiger partial charge < -0.3 is 9.12 Å². The van der Waals surface area contributed by atoms with Crippen LogP contribution in [-0.4, -0.2) is 26.0 Å². The molecule has 0 aliphatic rings. The van der Waals surface area contributed by atoms with E-state index in [-0.39, 0.29) is 16.5 Å². The number of nitrogens with zero attached hydrogens (tertiary/aromatic N) is 2. The van der Waals surface area contributed by atoms with Crippen LogP contribution in [0.4, 0.5) is 22.0 Å². The molecule has 0 amide bonds. The van der Waals surface area contributed by atoms with Gasteiger partial charge in [-0.3, -0.25) is 0 Å². The third-order valence-electron chi connectivity index (χ3n) is 5.26. The topological polar surface area (TPSA) is 40.3 Å². The molecule has 0 saturated carbocycles. The van der Waals surface area contributed by atoms with Gasteiger partial charge in [-0.05, 0) is 49.4 Å². The van der Waals surface area contributed by atoms with Crippen molar-refractivity contribution < 1.29 is 26.5 Å². The molecule has 0 radical (unpaired) electrons. The minimum absolute atomic E-state index is 0.00328. The van der Waals surface area contributed by atoms with E-state index >= 15 is 0 Å². The highest BCUT2D eigenvalue weighted by Gasteiger charge is 2.34. The van der Waals surface area contributed by atoms with Gasteiger partial charge in [0.2, 0.25) is 0 Å². The predicted molar refractivity (Wildman–Crippen MR) is 132 cm³/mol. The van der Waals surface area contributed by atoms with Crippen LogP contribution in [-0.2, 0) is 24.1 Å². The van der Waals surface area contributed by atoms with Crippen LogP contribution >= 0.6 is 0 Å². The zero-order valence-corrected chi connectivity index (χ0v) is 21.3. The lowest BCUT2D eigenvalue weighted by Crippen LogP contribution is -2.28. The molecule has 35 heavy (non-hydrogen) atoms. The number of aromatic nitrogens is 1. The zero-order chi connectivity index (χ0) is 26.3. The van der Waals surface area contributed by atoms with Gasteiger partial charge in [0.1, 0.15) is 16.1 Å². The minimum atomic E-state index is -4.55. The summed E-state index contributed by atoms with van der Waals surface area (Å²) in [4.78, 5) is 0. The smallest absolute Gasteiger partial charge is 0.417 e. The third-order valence-corrected chi connectivity index (χ3v) is 6.67. The second-order valence-corrected chi connectivity index (χ2v) is 12.6. The maximum absolute atomic E-state index is 14.1. The van der Waals surface area contributed by atoms with Crippen molar-refractivity contribution in [1.82, 2.24) is 4.57 Å². The van der Waals surface area contributed by atoms with E-state index in [1.165, 1.54) is 36.5 Å². The maximum Gasteiger partial charge on any atom is 0.417 e. The van der Waals surface area contributed by atoms with E-state index in [4.69, 9.17) is 0 Å². The molecule has 3 aromatic rings. The average Bonchev–Trinajstić information content (AvgIpc) is 3.06. The van der Waals surface area contributed by atoms with Crippen molar-refractivity contribution in [3.63, 3.8) is 0 Å². The van der Waals surface area contributed by atoms with Crippen LogP contribution in [0.1, 0.15) is 52.7 Å². The van der Waals surface area contributed by atoms with Crippen molar-refractivity contribution in [3.8, 4) is 11.1 Å². The maximum atomic E-state index is 14.1. The van der Waals surface area contributed by atoms with Crippen LogP contribution in [0.3, 0.4) is 0 Å². The first-order valence-electron chi connectivity index (χ1n) is 11.1. The standard InChI is InChI=1S/C26H29F5N2OS/c1-24(2,3)15-33-14-19(22(23(27)28)32-35(34)25(4,5)6)18-12-11-16(13-21(18)33)17-9-7-8-10-20(17)26(29,30)31/h7-14,23H,15H2,1-6H3/t35-/m0/s1. The number of hydrogen-bond donors (Lipinski definition) is 0. The highest BCUT2D eigenvalue weighted by atomic mass is 32.2. The number of alkyl halides is 5. The lowest BCUT2D eigenvalue weighted by atomic mass is 9.96. The van der Waals surface area contributed by atoms with Crippen molar-refractivity contribution >= 4 is 28.0 Å². The van der Waals surface area contributed by atoms with E-state index in [1.54, 1.807) is 31.4 Å². The van der Waals surface area contributed by atoms with Gasteiger partial charge in [-0.2, -0.15) is 13.2 Å². The van der Waals surface area contributed by atoms with Crippen LogP contribution in [0.25, 0.3) is 22.0 Å². The Morgan fingerprint density at radius 1 is 1.00 bits per heavy atom. The highest BCUT2D eigenvalue weighted by molar-refractivity contribution is 7.91. The van der Waals surface area contributed by atoms with Gasteiger partial charge in [0.05, 0.1) is 5.56 Å². The Labute approximate surface area is 205 Å². The molecule has 1 atom stereocenters. The lowest BCUT2D eigenvalue weighted by molar-refractivity contribution is -0.137. The molecular formula is C26H29F5N2OS. The first-order valence-corrected chi connectivity index (χ1v) is 12.2. The molecule has 9 heteroatoms. The fourth-order valence-electron chi connectivity index (χ4n) is 3.72. The fraction of sp³-hybridized carbons (Fsp3) is 0.423. The Bertz CT molecular complexity index is 1230. The van der Waals surface area contributed by atoms with Crippen molar-refractivity contribution in [2.45, 2.75) is 65.4 Å². The molecule has 1 heterocycles. The van der Waals surface area contributed by atoms with Gasteiger partial charge >= 0.3 is 6.18 Å². The second kappa shape index (κ2) is 9.58. The summed E-state index contributed by atoms with van der Waals surface area (Å²) in [6.07, 6.45) is -6.00. The first-order chi connectivity index (χ1) is 16.0. The number of benzene rings is 2. The van der Waals surface area contributed by atoms with Crippen LogP contribution < -0.4 is 0 Å². The second-order valence-electron chi connectivity index (χ2n) is 10.6. The molecule has 3 rings (SSSR count). The molecule has 190 valence electrons. The van der Waals surface area contributed by atoms with E-state index < -0.39 is 40.0 Å².